The highest BCUT2D eigenvalue weighted by atomic mass is 32.2. The van der Waals surface area contributed by atoms with Gasteiger partial charge in [0.15, 0.2) is 11.8 Å². The molecule has 0 spiro atoms. The molecule has 1 aliphatic heterocycles. The molecule has 0 unspecified atom stereocenters. The van der Waals surface area contributed by atoms with Crippen molar-refractivity contribution in [2.24, 2.45) is 10.2 Å². The zero-order chi connectivity index (χ0) is 21.4. The number of thioether (sulfide) groups is 1. The van der Waals surface area contributed by atoms with Gasteiger partial charge in [0.05, 0.1) is 18.2 Å². The summed E-state index contributed by atoms with van der Waals surface area (Å²) >= 11 is 0.991. The van der Waals surface area contributed by atoms with Crippen LogP contribution in [0, 0.1) is 0 Å². The van der Waals surface area contributed by atoms with Gasteiger partial charge >= 0.3 is 5.97 Å². The highest BCUT2D eigenvalue weighted by Gasteiger charge is 2.25. The average Bonchev–Trinajstić information content (AvgIpc) is 2.99. The smallest absolute Gasteiger partial charge is 0.331 e. The van der Waals surface area contributed by atoms with Crippen molar-refractivity contribution in [3.63, 3.8) is 0 Å². The SMILES string of the molecule is COC(=O)/C=C1/S/C(=N\N=Cc2ccc(OCC(=O)NC(C)(C)C)cc2)NC1=O. The fourth-order valence-corrected chi connectivity index (χ4v) is 2.78. The summed E-state index contributed by atoms with van der Waals surface area (Å²) in [6.07, 6.45) is 2.59. The molecule has 0 bridgehead atoms. The minimum atomic E-state index is -0.620. The average molecular weight is 418 g/mol. The normalized spacial score (nSPS) is 16.9. The lowest BCUT2D eigenvalue weighted by molar-refractivity contribution is -0.135. The summed E-state index contributed by atoms with van der Waals surface area (Å²) in [4.78, 5) is 34.8. The number of amides is 2. The van der Waals surface area contributed by atoms with Gasteiger partial charge in [-0.1, -0.05) is 0 Å². The minimum absolute atomic E-state index is 0.0727. The minimum Gasteiger partial charge on any atom is -0.484 e. The number of methoxy groups -OCH3 is 1. The van der Waals surface area contributed by atoms with Crippen LogP contribution in [0.2, 0.25) is 0 Å². The van der Waals surface area contributed by atoms with Gasteiger partial charge in [0.25, 0.3) is 11.8 Å². The highest BCUT2D eigenvalue weighted by molar-refractivity contribution is 8.18. The zero-order valence-electron chi connectivity index (χ0n) is 16.5. The second-order valence-corrected chi connectivity index (χ2v) is 7.92. The Hall–Kier alpha value is -3.14. The molecular formula is C19H22N4O5S. The zero-order valence-corrected chi connectivity index (χ0v) is 17.3. The van der Waals surface area contributed by atoms with Gasteiger partial charge in [-0.05, 0) is 62.4 Å². The second-order valence-electron chi connectivity index (χ2n) is 6.89. The van der Waals surface area contributed by atoms with Crippen LogP contribution in [0.1, 0.15) is 26.3 Å². The van der Waals surface area contributed by atoms with E-state index < -0.39 is 11.9 Å². The third-order valence-electron chi connectivity index (χ3n) is 3.22. The molecule has 2 N–H and O–H groups in total. The Balaban J connectivity index is 1.88. The van der Waals surface area contributed by atoms with Crippen molar-refractivity contribution in [2.75, 3.05) is 13.7 Å². The number of nitrogens with zero attached hydrogens (tertiary/aromatic N) is 2. The molecule has 1 fully saturated rings. The summed E-state index contributed by atoms with van der Waals surface area (Å²) in [5.41, 5.74) is 0.440. The van der Waals surface area contributed by atoms with Crippen molar-refractivity contribution in [1.82, 2.24) is 10.6 Å². The van der Waals surface area contributed by atoms with Crippen LogP contribution < -0.4 is 15.4 Å². The summed E-state index contributed by atoms with van der Waals surface area (Å²) in [6.45, 7) is 5.62. The molecule has 0 atom stereocenters. The Labute approximate surface area is 172 Å². The van der Waals surface area contributed by atoms with Crippen LogP contribution in [0.25, 0.3) is 0 Å². The van der Waals surface area contributed by atoms with E-state index in [4.69, 9.17) is 4.74 Å². The molecular weight excluding hydrogens is 396 g/mol. The van der Waals surface area contributed by atoms with E-state index in [1.165, 1.54) is 13.3 Å². The lowest BCUT2D eigenvalue weighted by atomic mass is 10.1. The number of ether oxygens (including phenoxy) is 2. The topological polar surface area (TPSA) is 118 Å². The van der Waals surface area contributed by atoms with Gasteiger partial charge in [-0.2, -0.15) is 5.10 Å². The Morgan fingerprint density at radius 2 is 1.93 bits per heavy atom. The number of hydrogen-bond acceptors (Lipinski definition) is 8. The molecule has 1 aromatic carbocycles. The third-order valence-corrected chi connectivity index (χ3v) is 4.12. The molecule has 0 aromatic heterocycles. The number of carbonyl (C=O) groups excluding carboxylic acids is 3. The van der Waals surface area contributed by atoms with Crippen LogP contribution in [0.3, 0.4) is 0 Å². The summed E-state index contributed by atoms with van der Waals surface area (Å²) in [7, 11) is 1.23. The number of hydrogen-bond donors (Lipinski definition) is 2. The fraction of sp³-hybridized carbons (Fsp3) is 0.316. The van der Waals surface area contributed by atoms with E-state index in [1.807, 2.05) is 20.8 Å². The molecule has 10 heteroatoms. The van der Waals surface area contributed by atoms with Gasteiger partial charge in [0, 0.05) is 11.6 Å². The Kier molecular flexibility index (Phi) is 7.54. The van der Waals surface area contributed by atoms with Crippen molar-refractivity contribution >= 4 is 40.9 Å². The van der Waals surface area contributed by atoms with E-state index >= 15 is 0 Å². The van der Waals surface area contributed by atoms with Crippen LogP contribution >= 0.6 is 11.8 Å². The predicted octanol–water partition coefficient (Wildman–Crippen LogP) is 1.59. The van der Waals surface area contributed by atoms with E-state index in [2.05, 4.69) is 25.6 Å². The summed E-state index contributed by atoms with van der Waals surface area (Å²) < 4.78 is 9.93. The molecule has 29 heavy (non-hydrogen) atoms. The molecule has 1 saturated heterocycles. The van der Waals surface area contributed by atoms with Crippen molar-refractivity contribution in [1.29, 1.82) is 0 Å². The maximum Gasteiger partial charge on any atom is 0.331 e. The molecule has 2 rings (SSSR count). The molecule has 9 nitrogen and oxygen atoms in total. The van der Waals surface area contributed by atoms with E-state index in [0.717, 1.165) is 23.4 Å². The summed E-state index contributed by atoms with van der Waals surface area (Å²) in [6, 6.07) is 6.93. The van der Waals surface area contributed by atoms with E-state index in [1.54, 1.807) is 24.3 Å². The predicted molar refractivity (Wildman–Crippen MR) is 111 cm³/mol. The Morgan fingerprint density at radius 1 is 1.24 bits per heavy atom. The monoisotopic (exact) mass is 418 g/mol. The summed E-state index contributed by atoms with van der Waals surface area (Å²) in [5.74, 6) is -0.707. The number of benzene rings is 1. The maximum atomic E-state index is 11.8. The van der Waals surface area contributed by atoms with Crippen LogP contribution in [-0.2, 0) is 19.1 Å². The van der Waals surface area contributed by atoms with Gasteiger partial charge in [-0.3, -0.25) is 14.9 Å². The first-order valence-corrected chi connectivity index (χ1v) is 9.42. The van der Waals surface area contributed by atoms with Crippen molar-refractivity contribution in [2.45, 2.75) is 26.3 Å². The van der Waals surface area contributed by atoms with E-state index in [0.29, 0.717) is 5.75 Å². The second kappa shape index (κ2) is 9.87. The van der Waals surface area contributed by atoms with Crippen LogP contribution in [0.15, 0.2) is 45.4 Å². The van der Waals surface area contributed by atoms with Crippen LogP contribution in [0.4, 0.5) is 0 Å². The lowest BCUT2D eigenvalue weighted by Gasteiger charge is -2.20. The molecule has 1 aromatic rings. The standard InChI is InChI=1S/C19H22N4O5S/c1-19(2,3)22-15(24)11-28-13-7-5-12(6-8-13)10-20-23-18-21-17(26)14(29-18)9-16(25)27-4/h5-10H,11H2,1-4H3,(H,22,24)(H,21,23,26)/b14-9+,20-10?. The first-order valence-electron chi connectivity index (χ1n) is 8.60. The quantitative estimate of drug-likeness (QED) is 0.313. The number of rotatable bonds is 6. The van der Waals surface area contributed by atoms with E-state index in [9.17, 15) is 14.4 Å². The number of carbonyl (C=O) groups is 3. The van der Waals surface area contributed by atoms with Crippen molar-refractivity contribution < 1.29 is 23.9 Å². The van der Waals surface area contributed by atoms with Gasteiger partial charge < -0.3 is 14.8 Å². The van der Waals surface area contributed by atoms with Crippen LogP contribution in [-0.4, -0.2) is 48.4 Å². The van der Waals surface area contributed by atoms with Gasteiger partial charge in [0.1, 0.15) is 5.75 Å². The first-order chi connectivity index (χ1) is 13.7. The van der Waals surface area contributed by atoms with Gasteiger partial charge in [0.2, 0.25) is 0 Å². The molecule has 1 aliphatic rings. The van der Waals surface area contributed by atoms with Gasteiger partial charge in [-0.15, -0.1) is 5.10 Å². The number of amidine groups is 1. The first kappa shape index (κ1) is 22.2. The molecule has 0 saturated carbocycles. The summed E-state index contributed by atoms with van der Waals surface area (Å²) in [5, 5.41) is 13.4. The molecule has 1 heterocycles. The Morgan fingerprint density at radius 3 is 2.55 bits per heavy atom. The molecule has 0 radical (unpaired) electrons. The van der Waals surface area contributed by atoms with E-state index in [-0.39, 0.29) is 28.1 Å². The molecule has 2 amide bonds. The number of esters is 1. The van der Waals surface area contributed by atoms with Crippen LogP contribution in [0.5, 0.6) is 5.75 Å². The largest absolute Gasteiger partial charge is 0.484 e. The molecule has 154 valence electrons. The molecule has 0 aliphatic carbocycles. The number of nitrogens with one attached hydrogen (secondary N) is 2. The highest BCUT2D eigenvalue weighted by Crippen LogP contribution is 2.23. The third kappa shape index (κ3) is 7.78. The fourth-order valence-electron chi connectivity index (χ4n) is 2.04. The maximum absolute atomic E-state index is 11.8. The van der Waals surface area contributed by atoms with Crippen molar-refractivity contribution in [3.8, 4) is 5.75 Å². The van der Waals surface area contributed by atoms with Gasteiger partial charge in [-0.25, -0.2) is 4.79 Å². The lowest BCUT2D eigenvalue weighted by Crippen LogP contribution is -2.43. The van der Waals surface area contributed by atoms with Crippen molar-refractivity contribution in [3.05, 3.63) is 40.8 Å². The Bertz CT molecular complexity index is 870.